The van der Waals surface area contributed by atoms with Gasteiger partial charge in [-0.2, -0.15) is 18.3 Å². The van der Waals surface area contributed by atoms with Crippen LogP contribution in [-0.2, 0) is 11.2 Å². The summed E-state index contributed by atoms with van der Waals surface area (Å²) in [5.74, 6) is -0.232. The van der Waals surface area contributed by atoms with Crippen molar-refractivity contribution in [2.75, 3.05) is 18.6 Å². The van der Waals surface area contributed by atoms with Crippen molar-refractivity contribution in [3.05, 3.63) is 41.2 Å². The van der Waals surface area contributed by atoms with Gasteiger partial charge in [-0.3, -0.25) is 9.48 Å². The minimum atomic E-state index is -4.60. The van der Waals surface area contributed by atoms with E-state index in [0.29, 0.717) is 41.4 Å². The number of benzene rings is 1. The summed E-state index contributed by atoms with van der Waals surface area (Å²) < 4.78 is 46.4. The molecule has 2 aromatic rings. The van der Waals surface area contributed by atoms with Gasteiger partial charge >= 0.3 is 6.18 Å². The zero-order valence-corrected chi connectivity index (χ0v) is 14.7. The zero-order valence-electron chi connectivity index (χ0n) is 14.0. The average Bonchev–Trinajstić information content (AvgIpc) is 3.12. The van der Waals surface area contributed by atoms with Crippen molar-refractivity contribution >= 4 is 23.2 Å². The lowest BCUT2D eigenvalue weighted by Gasteiger charge is -2.32. The summed E-state index contributed by atoms with van der Waals surface area (Å²) in [6.07, 6.45) is -1.64. The topological polar surface area (TPSA) is 47.4 Å². The van der Waals surface area contributed by atoms with E-state index in [4.69, 9.17) is 16.3 Å². The van der Waals surface area contributed by atoms with Crippen molar-refractivity contribution in [3.8, 4) is 5.75 Å². The smallest absolute Gasteiger partial charge is 0.411 e. The van der Waals surface area contributed by atoms with Gasteiger partial charge in [-0.25, -0.2) is 0 Å². The van der Waals surface area contributed by atoms with Crippen LogP contribution in [0.3, 0.4) is 0 Å². The second kappa shape index (κ2) is 7.19. The molecule has 0 spiro atoms. The molecule has 9 heteroatoms. The third-order valence-electron chi connectivity index (χ3n) is 4.38. The molecule has 0 radical (unpaired) electrons. The molecule has 1 atom stereocenters. The van der Waals surface area contributed by atoms with Crippen LogP contribution in [0.2, 0.25) is 5.02 Å². The number of methoxy groups -OCH3 is 1. The minimum Gasteiger partial charge on any atom is -0.495 e. The van der Waals surface area contributed by atoms with Crippen molar-refractivity contribution < 1.29 is 22.7 Å². The largest absolute Gasteiger partial charge is 0.495 e. The monoisotopic (exact) mass is 387 g/mol. The number of ether oxygens (including phenoxy) is 1. The Morgan fingerprint density at radius 2 is 2.19 bits per heavy atom. The zero-order chi connectivity index (χ0) is 18.9. The first kappa shape index (κ1) is 18.6. The number of alkyl halides is 3. The highest BCUT2D eigenvalue weighted by Crippen LogP contribution is 2.41. The lowest BCUT2D eigenvalue weighted by Crippen LogP contribution is -2.39. The molecule has 2 heterocycles. The van der Waals surface area contributed by atoms with E-state index in [-0.39, 0.29) is 0 Å². The molecular formula is C17H17ClF3N3O2. The molecule has 3 rings (SSSR count). The SMILES string of the molecule is COc1ccc(Cl)c2c1N(C(=O)CC(n1cccn1)C(F)(F)F)CCC2. The van der Waals surface area contributed by atoms with Crippen LogP contribution in [0.5, 0.6) is 5.75 Å². The van der Waals surface area contributed by atoms with Crippen LogP contribution in [0.15, 0.2) is 30.6 Å². The van der Waals surface area contributed by atoms with E-state index in [1.165, 1.54) is 30.5 Å². The fourth-order valence-electron chi connectivity index (χ4n) is 3.16. The van der Waals surface area contributed by atoms with Crippen molar-refractivity contribution in [2.24, 2.45) is 0 Å². The molecule has 1 amide bonds. The molecule has 140 valence electrons. The maximum absolute atomic E-state index is 13.4. The Balaban J connectivity index is 1.93. The van der Waals surface area contributed by atoms with Gasteiger partial charge in [0.1, 0.15) is 5.75 Å². The molecular weight excluding hydrogens is 371 g/mol. The van der Waals surface area contributed by atoms with Gasteiger partial charge in [-0.1, -0.05) is 11.6 Å². The second-order valence-corrected chi connectivity index (χ2v) is 6.38. The van der Waals surface area contributed by atoms with Crippen LogP contribution < -0.4 is 9.64 Å². The number of hydrogen-bond acceptors (Lipinski definition) is 3. The number of anilines is 1. The lowest BCUT2D eigenvalue weighted by molar-refractivity contribution is -0.174. The number of hydrogen-bond donors (Lipinski definition) is 0. The molecule has 5 nitrogen and oxygen atoms in total. The number of rotatable bonds is 4. The highest BCUT2D eigenvalue weighted by Gasteiger charge is 2.44. The summed E-state index contributed by atoms with van der Waals surface area (Å²) >= 11 is 6.21. The molecule has 0 N–H and O–H groups in total. The van der Waals surface area contributed by atoms with Crippen LogP contribution in [0.25, 0.3) is 0 Å². The second-order valence-electron chi connectivity index (χ2n) is 5.97. The summed E-state index contributed by atoms with van der Waals surface area (Å²) in [5.41, 5.74) is 1.17. The summed E-state index contributed by atoms with van der Waals surface area (Å²) in [7, 11) is 1.45. The number of nitrogens with zero attached hydrogens (tertiary/aromatic N) is 3. The Morgan fingerprint density at radius 3 is 2.81 bits per heavy atom. The normalized spacial score (nSPS) is 15.5. The summed E-state index contributed by atoms with van der Waals surface area (Å²) in [4.78, 5) is 14.1. The first-order chi connectivity index (χ1) is 12.3. The van der Waals surface area contributed by atoms with E-state index in [1.54, 1.807) is 12.1 Å². The maximum atomic E-state index is 13.4. The molecule has 0 aliphatic carbocycles. The number of fused-ring (bicyclic) bond motifs is 1. The fraction of sp³-hybridized carbons (Fsp3) is 0.412. The quantitative estimate of drug-likeness (QED) is 0.796. The Bertz CT molecular complexity index is 793. The van der Waals surface area contributed by atoms with Crippen LogP contribution in [0.1, 0.15) is 24.4 Å². The Labute approximate surface area is 153 Å². The van der Waals surface area contributed by atoms with E-state index in [0.717, 1.165) is 4.68 Å². The molecule has 1 aromatic carbocycles. The van der Waals surface area contributed by atoms with Gasteiger partial charge in [-0.05, 0) is 36.6 Å². The van der Waals surface area contributed by atoms with Gasteiger partial charge < -0.3 is 9.64 Å². The highest BCUT2D eigenvalue weighted by atomic mass is 35.5. The molecule has 0 bridgehead atoms. The maximum Gasteiger partial charge on any atom is 0.411 e. The van der Waals surface area contributed by atoms with E-state index in [9.17, 15) is 18.0 Å². The molecule has 1 aliphatic heterocycles. The number of carbonyl (C=O) groups excluding carboxylic acids is 1. The highest BCUT2D eigenvalue weighted by molar-refractivity contribution is 6.32. The van der Waals surface area contributed by atoms with Crippen molar-refractivity contribution in [1.29, 1.82) is 0 Å². The van der Waals surface area contributed by atoms with Crippen LogP contribution in [0.4, 0.5) is 18.9 Å². The van der Waals surface area contributed by atoms with Crippen molar-refractivity contribution in [3.63, 3.8) is 0 Å². The average molecular weight is 388 g/mol. The Kier molecular flexibility index (Phi) is 5.13. The van der Waals surface area contributed by atoms with Crippen molar-refractivity contribution in [1.82, 2.24) is 9.78 Å². The van der Waals surface area contributed by atoms with Gasteiger partial charge in [0.05, 0.1) is 19.2 Å². The first-order valence-corrected chi connectivity index (χ1v) is 8.42. The van der Waals surface area contributed by atoms with Crippen LogP contribution in [-0.4, -0.2) is 35.5 Å². The third-order valence-corrected chi connectivity index (χ3v) is 4.73. The summed E-state index contributed by atoms with van der Waals surface area (Å²) in [6.45, 7) is 0.312. The molecule has 1 unspecified atom stereocenters. The van der Waals surface area contributed by atoms with E-state index >= 15 is 0 Å². The number of aromatic nitrogens is 2. The molecule has 0 saturated carbocycles. The van der Waals surface area contributed by atoms with Gasteiger partial charge in [0.2, 0.25) is 5.91 Å². The van der Waals surface area contributed by atoms with E-state index in [1.807, 2.05) is 0 Å². The number of carbonyl (C=O) groups is 1. The van der Waals surface area contributed by atoms with E-state index in [2.05, 4.69) is 5.10 Å². The lowest BCUT2D eigenvalue weighted by atomic mass is 9.99. The van der Waals surface area contributed by atoms with Gasteiger partial charge in [0.15, 0.2) is 6.04 Å². The Morgan fingerprint density at radius 1 is 1.42 bits per heavy atom. The summed E-state index contributed by atoms with van der Waals surface area (Å²) in [5, 5.41) is 4.12. The van der Waals surface area contributed by atoms with Crippen molar-refractivity contribution in [2.45, 2.75) is 31.5 Å². The fourth-order valence-corrected chi connectivity index (χ4v) is 3.41. The predicted octanol–water partition coefficient (Wildman–Crippen LogP) is 4.02. The van der Waals surface area contributed by atoms with Gasteiger partial charge in [0.25, 0.3) is 0 Å². The molecule has 1 aliphatic rings. The molecule has 0 saturated heterocycles. The molecule has 26 heavy (non-hydrogen) atoms. The predicted molar refractivity (Wildman–Crippen MR) is 90.6 cm³/mol. The Hall–Kier alpha value is -2.22. The number of halogens is 4. The summed E-state index contributed by atoms with van der Waals surface area (Å²) in [6, 6.07) is 2.64. The van der Waals surface area contributed by atoms with E-state index < -0.39 is 24.5 Å². The van der Waals surface area contributed by atoms with Gasteiger partial charge in [-0.15, -0.1) is 0 Å². The van der Waals surface area contributed by atoms with Gasteiger partial charge in [0, 0.05) is 24.0 Å². The third kappa shape index (κ3) is 3.51. The first-order valence-electron chi connectivity index (χ1n) is 8.04. The standard InChI is InChI=1S/C17H17ClF3N3O2/c1-26-13-6-5-12(18)11-4-2-8-23(16(11)13)15(25)10-14(17(19,20)21)24-9-3-7-22-24/h3,5-7,9,14H,2,4,8,10H2,1H3. The molecule has 1 aromatic heterocycles. The minimum absolute atomic E-state index is 0.312. The molecule has 0 fully saturated rings. The van der Waals surface area contributed by atoms with Crippen LogP contribution in [0, 0.1) is 0 Å². The van der Waals surface area contributed by atoms with Crippen LogP contribution >= 0.6 is 11.6 Å². The number of amides is 1.